The first-order chi connectivity index (χ1) is 16.3. The molecule has 1 fully saturated rings. The number of halogens is 3. The number of carbonyl (C=O) groups is 1. The molecule has 1 amide bonds. The number of carbonyl (C=O) groups excluding carboxylic acids is 1. The maximum absolute atomic E-state index is 13.9. The third-order valence-corrected chi connectivity index (χ3v) is 6.50. The van der Waals surface area contributed by atoms with Crippen molar-refractivity contribution in [2.75, 3.05) is 18.8 Å². The molecule has 0 aliphatic carbocycles. The third kappa shape index (κ3) is 5.43. The average molecular weight is 503 g/mol. The lowest BCUT2D eigenvalue weighted by atomic mass is 10.0. The van der Waals surface area contributed by atoms with Crippen LogP contribution in [0.15, 0.2) is 48.7 Å². The second kappa shape index (κ2) is 10.6. The summed E-state index contributed by atoms with van der Waals surface area (Å²) < 4.78 is 19.9. The highest BCUT2D eigenvalue weighted by molar-refractivity contribution is 6.36. The van der Waals surface area contributed by atoms with Gasteiger partial charge in [-0.3, -0.25) is 4.79 Å². The number of anilines is 1. The van der Waals surface area contributed by atoms with Crippen molar-refractivity contribution in [1.29, 1.82) is 0 Å². The van der Waals surface area contributed by atoms with Crippen LogP contribution in [0.4, 0.5) is 10.2 Å². The fourth-order valence-corrected chi connectivity index (χ4v) is 4.61. The number of nitrogen functional groups attached to an aromatic ring is 1. The third-order valence-electron chi connectivity index (χ3n) is 5.78. The van der Waals surface area contributed by atoms with Gasteiger partial charge in [-0.2, -0.15) is 0 Å². The van der Waals surface area contributed by atoms with Gasteiger partial charge >= 0.3 is 0 Å². The van der Waals surface area contributed by atoms with Crippen LogP contribution in [0, 0.1) is 5.82 Å². The summed E-state index contributed by atoms with van der Waals surface area (Å²) in [6, 6.07) is 11.7. The summed E-state index contributed by atoms with van der Waals surface area (Å²) in [5.74, 6) is -0.193. The standard InChI is InChI=1S/C25H25Cl2FN4O2/c1-14(22-19(26)8-9-20(28)23(22)27)34-21-11-17(12-31-24(21)29)15-4-6-16(7-5-15)25(33)32-18-3-2-10-30-13-18/h4-9,11-12,14,18,30H,2-3,10,13H2,1H3,(H2,29,31)(H,32,33). The van der Waals surface area contributed by atoms with E-state index in [-0.39, 0.29) is 22.8 Å². The van der Waals surface area contributed by atoms with E-state index in [1.54, 1.807) is 31.3 Å². The highest BCUT2D eigenvalue weighted by Crippen LogP contribution is 2.37. The van der Waals surface area contributed by atoms with Crippen LogP contribution in [0.5, 0.6) is 5.75 Å². The first-order valence-electron chi connectivity index (χ1n) is 11.0. The number of benzene rings is 2. The van der Waals surface area contributed by atoms with Crippen molar-refractivity contribution in [2.24, 2.45) is 0 Å². The SMILES string of the molecule is CC(Oc1cc(-c2ccc(C(=O)NC3CCCNC3)cc2)cnc1N)c1c(Cl)ccc(F)c1Cl. The molecule has 2 heterocycles. The van der Waals surface area contributed by atoms with Crippen LogP contribution in [0.25, 0.3) is 11.1 Å². The Bertz CT molecular complexity index is 1180. The van der Waals surface area contributed by atoms with Crippen LogP contribution >= 0.6 is 23.2 Å². The van der Waals surface area contributed by atoms with Crippen molar-refractivity contribution >= 4 is 34.9 Å². The number of rotatable bonds is 6. The second-order valence-electron chi connectivity index (χ2n) is 8.22. The van der Waals surface area contributed by atoms with Crippen molar-refractivity contribution < 1.29 is 13.9 Å². The van der Waals surface area contributed by atoms with Crippen molar-refractivity contribution in [3.63, 3.8) is 0 Å². The summed E-state index contributed by atoms with van der Waals surface area (Å²) in [4.78, 5) is 16.8. The molecule has 2 aromatic carbocycles. The van der Waals surface area contributed by atoms with Gasteiger partial charge in [-0.15, -0.1) is 0 Å². The Hall–Kier alpha value is -2.87. The first kappa shape index (κ1) is 24.3. The fourth-order valence-electron chi connectivity index (χ4n) is 3.93. The quantitative estimate of drug-likeness (QED) is 0.392. The minimum absolute atomic E-state index is 0.0967. The van der Waals surface area contributed by atoms with Gasteiger partial charge in [0.2, 0.25) is 0 Å². The van der Waals surface area contributed by atoms with Crippen LogP contribution in [0.2, 0.25) is 10.0 Å². The Morgan fingerprint density at radius 1 is 1.24 bits per heavy atom. The van der Waals surface area contributed by atoms with Gasteiger partial charge in [0.25, 0.3) is 5.91 Å². The van der Waals surface area contributed by atoms with E-state index in [4.69, 9.17) is 33.7 Å². The zero-order valence-corrected chi connectivity index (χ0v) is 20.1. The van der Waals surface area contributed by atoms with Crippen LogP contribution in [-0.2, 0) is 0 Å². The Labute approximate surface area is 207 Å². The Morgan fingerprint density at radius 3 is 2.71 bits per heavy atom. The van der Waals surface area contributed by atoms with Crippen LogP contribution < -0.4 is 21.1 Å². The van der Waals surface area contributed by atoms with E-state index in [1.165, 1.54) is 12.1 Å². The molecule has 1 aromatic heterocycles. The normalized spacial score (nSPS) is 16.6. The monoisotopic (exact) mass is 502 g/mol. The molecule has 1 aliphatic rings. The van der Waals surface area contributed by atoms with Gasteiger partial charge in [0, 0.05) is 40.5 Å². The topological polar surface area (TPSA) is 89.3 Å². The molecule has 34 heavy (non-hydrogen) atoms. The molecule has 0 saturated carbocycles. The lowest BCUT2D eigenvalue weighted by molar-refractivity contribution is 0.0930. The molecule has 178 valence electrons. The molecule has 9 heteroatoms. The van der Waals surface area contributed by atoms with E-state index in [0.29, 0.717) is 21.9 Å². The van der Waals surface area contributed by atoms with Gasteiger partial charge in [-0.05, 0) is 62.2 Å². The van der Waals surface area contributed by atoms with Gasteiger partial charge in [0.15, 0.2) is 11.6 Å². The van der Waals surface area contributed by atoms with E-state index in [9.17, 15) is 9.18 Å². The molecule has 1 aliphatic heterocycles. The Balaban J connectivity index is 1.50. The number of hydrogen-bond acceptors (Lipinski definition) is 5. The maximum atomic E-state index is 13.9. The van der Waals surface area contributed by atoms with E-state index in [1.807, 2.05) is 12.1 Å². The largest absolute Gasteiger partial charge is 0.482 e. The summed E-state index contributed by atoms with van der Waals surface area (Å²) >= 11 is 12.3. The summed E-state index contributed by atoms with van der Waals surface area (Å²) in [5, 5.41) is 6.54. The zero-order chi connectivity index (χ0) is 24.2. The molecular weight excluding hydrogens is 478 g/mol. The number of nitrogens with two attached hydrogens (primary N) is 1. The summed E-state index contributed by atoms with van der Waals surface area (Å²) in [7, 11) is 0. The zero-order valence-electron chi connectivity index (χ0n) is 18.6. The number of ether oxygens (including phenoxy) is 1. The molecule has 3 aromatic rings. The van der Waals surface area contributed by atoms with Gasteiger partial charge in [0.05, 0.1) is 5.02 Å². The van der Waals surface area contributed by atoms with Crippen molar-refractivity contribution in [1.82, 2.24) is 15.6 Å². The molecule has 2 atom stereocenters. The smallest absolute Gasteiger partial charge is 0.251 e. The molecule has 0 spiro atoms. The van der Waals surface area contributed by atoms with Crippen LogP contribution in [0.3, 0.4) is 0 Å². The molecule has 0 radical (unpaired) electrons. The minimum Gasteiger partial charge on any atom is -0.482 e. The predicted molar refractivity (Wildman–Crippen MR) is 133 cm³/mol. The fraction of sp³-hybridized carbons (Fsp3) is 0.280. The molecule has 0 bridgehead atoms. The Kier molecular flexibility index (Phi) is 7.56. The number of nitrogens with one attached hydrogen (secondary N) is 2. The lowest BCUT2D eigenvalue weighted by Gasteiger charge is -2.23. The van der Waals surface area contributed by atoms with Gasteiger partial charge in [-0.25, -0.2) is 9.37 Å². The molecule has 4 rings (SSSR count). The summed E-state index contributed by atoms with van der Waals surface area (Å²) in [5.41, 5.74) is 8.51. The maximum Gasteiger partial charge on any atom is 0.251 e. The van der Waals surface area contributed by atoms with E-state index >= 15 is 0 Å². The van der Waals surface area contributed by atoms with E-state index in [0.717, 1.165) is 37.1 Å². The molecule has 4 N–H and O–H groups in total. The highest BCUT2D eigenvalue weighted by Gasteiger charge is 2.20. The summed E-state index contributed by atoms with van der Waals surface area (Å²) in [6.45, 7) is 3.48. The lowest BCUT2D eigenvalue weighted by Crippen LogP contribution is -2.45. The molecule has 2 unspecified atom stereocenters. The minimum atomic E-state index is -0.671. The molecule has 1 saturated heterocycles. The molecule has 6 nitrogen and oxygen atoms in total. The van der Waals surface area contributed by atoms with Gasteiger partial charge in [-0.1, -0.05) is 35.3 Å². The van der Waals surface area contributed by atoms with Crippen LogP contribution in [0.1, 0.15) is 41.8 Å². The van der Waals surface area contributed by atoms with E-state index in [2.05, 4.69) is 15.6 Å². The first-order valence-corrected chi connectivity index (χ1v) is 11.8. The number of hydrogen-bond donors (Lipinski definition) is 3. The summed E-state index contributed by atoms with van der Waals surface area (Å²) in [6.07, 6.45) is 2.98. The van der Waals surface area contributed by atoms with Gasteiger partial charge in [0.1, 0.15) is 11.9 Å². The number of amides is 1. The number of pyridine rings is 1. The van der Waals surface area contributed by atoms with Crippen molar-refractivity contribution in [3.05, 3.63) is 75.7 Å². The van der Waals surface area contributed by atoms with E-state index < -0.39 is 11.9 Å². The number of piperidine rings is 1. The number of aromatic nitrogens is 1. The average Bonchev–Trinajstić information content (AvgIpc) is 2.84. The van der Waals surface area contributed by atoms with Gasteiger partial charge < -0.3 is 21.1 Å². The Morgan fingerprint density at radius 2 is 2.00 bits per heavy atom. The number of nitrogens with zero attached hydrogens (tertiary/aromatic N) is 1. The van der Waals surface area contributed by atoms with Crippen molar-refractivity contribution in [3.8, 4) is 16.9 Å². The highest BCUT2D eigenvalue weighted by atomic mass is 35.5. The second-order valence-corrected chi connectivity index (χ2v) is 9.00. The van der Waals surface area contributed by atoms with Crippen molar-refractivity contribution in [2.45, 2.75) is 31.9 Å². The molecular formula is C25H25Cl2FN4O2. The predicted octanol–water partition coefficient (Wildman–Crippen LogP) is 5.40. The van der Waals surface area contributed by atoms with Crippen LogP contribution in [-0.4, -0.2) is 30.0 Å².